The van der Waals surface area contributed by atoms with E-state index < -0.39 is 11.6 Å². The summed E-state index contributed by atoms with van der Waals surface area (Å²) < 4.78 is 27.9. The Balaban J connectivity index is 1.85. The van der Waals surface area contributed by atoms with Gasteiger partial charge in [0.2, 0.25) is 0 Å². The molecule has 2 heterocycles. The Labute approximate surface area is 166 Å². The van der Waals surface area contributed by atoms with E-state index in [0.29, 0.717) is 27.1 Å². The number of hydrogen-bond donors (Lipinski definition) is 2. The van der Waals surface area contributed by atoms with Gasteiger partial charge in [-0.3, -0.25) is 5.10 Å². The zero-order valence-electron chi connectivity index (χ0n) is 13.3. The predicted octanol–water partition coefficient (Wildman–Crippen LogP) is 5.92. The molecule has 4 aromatic rings. The highest BCUT2D eigenvalue weighted by molar-refractivity contribution is 7.19. The van der Waals surface area contributed by atoms with Crippen molar-refractivity contribution in [3.63, 3.8) is 0 Å². The Morgan fingerprint density at radius 1 is 1.04 bits per heavy atom. The maximum atomic E-state index is 14.0. The van der Waals surface area contributed by atoms with Gasteiger partial charge in [-0.15, -0.1) is 0 Å². The van der Waals surface area contributed by atoms with Crippen molar-refractivity contribution < 1.29 is 8.78 Å². The van der Waals surface area contributed by atoms with Crippen LogP contribution in [-0.2, 0) is 0 Å². The zero-order chi connectivity index (χ0) is 19.0. The van der Waals surface area contributed by atoms with Gasteiger partial charge in [-0.1, -0.05) is 46.7 Å². The summed E-state index contributed by atoms with van der Waals surface area (Å²) in [4.78, 5) is 9.12. The average molecular weight is 424 g/mol. The summed E-state index contributed by atoms with van der Waals surface area (Å²) in [7, 11) is 0. The fourth-order valence-electron chi connectivity index (χ4n) is 2.41. The van der Waals surface area contributed by atoms with Crippen LogP contribution < -0.4 is 5.32 Å². The van der Waals surface area contributed by atoms with Crippen molar-refractivity contribution in [2.45, 2.75) is 0 Å². The number of aromatic nitrogens is 4. The molecular weight excluding hydrogens is 415 g/mol. The SMILES string of the molecule is Fc1cc(-c2nc(Nc3ccccc3F)sc2-c2nc[nH]n2)c(Cl)cc1Cl. The highest BCUT2D eigenvalue weighted by Crippen LogP contribution is 2.42. The Morgan fingerprint density at radius 2 is 1.85 bits per heavy atom. The minimum atomic E-state index is -0.631. The maximum absolute atomic E-state index is 14.0. The number of benzene rings is 2. The number of para-hydroxylation sites is 1. The second-order valence-corrected chi connectivity index (χ2v) is 7.18. The van der Waals surface area contributed by atoms with Gasteiger partial charge in [0.15, 0.2) is 11.0 Å². The van der Waals surface area contributed by atoms with E-state index >= 15 is 0 Å². The smallest absolute Gasteiger partial charge is 0.193 e. The van der Waals surface area contributed by atoms with Crippen molar-refractivity contribution in [2.24, 2.45) is 0 Å². The monoisotopic (exact) mass is 423 g/mol. The number of rotatable bonds is 4. The molecule has 2 aromatic heterocycles. The van der Waals surface area contributed by atoms with Gasteiger partial charge in [-0.25, -0.2) is 18.7 Å². The van der Waals surface area contributed by atoms with Crippen LogP contribution in [0.1, 0.15) is 0 Å². The summed E-state index contributed by atoms with van der Waals surface area (Å²) in [5.41, 5.74) is 0.947. The van der Waals surface area contributed by atoms with Crippen LogP contribution in [-0.4, -0.2) is 20.2 Å². The Morgan fingerprint density at radius 3 is 2.59 bits per heavy atom. The van der Waals surface area contributed by atoms with Crippen LogP contribution in [0.5, 0.6) is 0 Å². The van der Waals surface area contributed by atoms with E-state index in [0.717, 1.165) is 0 Å². The van der Waals surface area contributed by atoms with Gasteiger partial charge in [0.05, 0.1) is 21.4 Å². The van der Waals surface area contributed by atoms with Gasteiger partial charge in [-0.05, 0) is 24.3 Å². The van der Waals surface area contributed by atoms with Crippen LogP contribution in [0, 0.1) is 11.6 Å². The molecule has 0 unspecified atom stereocenters. The molecule has 2 N–H and O–H groups in total. The molecule has 0 bridgehead atoms. The van der Waals surface area contributed by atoms with Gasteiger partial charge < -0.3 is 5.32 Å². The fourth-order valence-corrected chi connectivity index (χ4v) is 3.81. The molecule has 5 nitrogen and oxygen atoms in total. The Bertz CT molecular complexity index is 1110. The topological polar surface area (TPSA) is 66.5 Å². The number of nitrogens with zero attached hydrogens (tertiary/aromatic N) is 3. The first-order valence-electron chi connectivity index (χ1n) is 7.56. The standard InChI is InChI=1S/C17H9Cl2F2N5S/c18-9-6-10(19)12(21)5-8(9)14-15(16-22-7-23-26-16)27-17(25-14)24-13-4-2-1-3-11(13)20/h1-7H,(H,24,25)(H,22,23,26). The summed E-state index contributed by atoms with van der Waals surface area (Å²) in [6.07, 6.45) is 1.41. The third-order valence-electron chi connectivity index (χ3n) is 3.63. The number of hydrogen-bond acceptors (Lipinski definition) is 5. The lowest BCUT2D eigenvalue weighted by Crippen LogP contribution is -1.93. The quantitative estimate of drug-likeness (QED) is 0.399. The van der Waals surface area contributed by atoms with Crippen LogP contribution in [0.2, 0.25) is 10.0 Å². The van der Waals surface area contributed by atoms with Gasteiger partial charge >= 0.3 is 0 Å². The number of aromatic amines is 1. The molecule has 0 saturated carbocycles. The van der Waals surface area contributed by atoms with Crippen molar-refractivity contribution in [1.29, 1.82) is 0 Å². The average Bonchev–Trinajstić information content (AvgIpc) is 3.30. The predicted molar refractivity (Wildman–Crippen MR) is 103 cm³/mol. The second kappa shape index (κ2) is 7.22. The minimum absolute atomic E-state index is 0.0943. The molecule has 0 radical (unpaired) electrons. The van der Waals surface area contributed by atoms with Crippen molar-refractivity contribution in [3.8, 4) is 22.0 Å². The van der Waals surface area contributed by atoms with Crippen molar-refractivity contribution in [1.82, 2.24) is 20.2 Å². The third-order valence-corrected chi connectivity index (χ3v) is 5.19. The van der Waals surface area contributed by atoms with Gasteiger partial charge in [0, 0.05) is 5.56 Å². The van der Waals surface area contributed by atoms with Gasteiger partial charge in [0.25, 0.3) is 0 Å². The van der Waals surface area contributed by atoms with Crippen LogP contribution in [0.4, 0.5) is 19.6 Å². The highest BCUT2D eigenvalue weighted by atomic mass is 35.5. The lowest BCUT2D eigenvalue weighted by Gasteiger charge is -2.05. The molecule has 0 aliphatic heterocycles. The van der Waals surface area contributed by atoms with Crippen molar-refractivity contribution in [3.05, 3.63) is 64.4 Å². The Kier molecular flexibility index (Phi) is 4.77. The van der Waals surface area contributed by atoms with E-state index in [-0.39, 0.29) is 15.7 Å². The van der Waals surface area contributed by atoms with Gasteiger partial charge in [0.1, 0.15) is 22.8 Å². The first-order chi connectivity index (χ1) is 13.0. The molecule has 0 saturated heterocycles. The summed E-state index contributed by atoms with van der Waals surface area (Å²) in [5.74, 6) is -0.701. The summed E-state index contributed by atoms with van der Waals surface area (Å²) in [6.45, 7) is 0. The van der Waals surface area contributed by atoms with Crippen LogP contribution in [0.25, 0.3) is 22.0 Å². The summed E-state index contributed by atoms with van der Waals surface area (Å²) in [6, 6.07) is 8.70. The van der Waals surface area contributed by atoms with Gasteiger partial charge in [-0.2, -0.15) is 5.10 Å². The minimum Gasteiger partial charge on any atom is -0.329 e. The van der Waals surface area contributed by atoms with Crippen LogP contribution in [0.3, 0.4) is 0 Å². The largest absolute Gasteiger partial charge is 0.329 e. The molecule has 0 amide bonds. The lowest BCUT2D eigenvalue weighted by atomic mass is 10.1. The molecule has 0 aliphatic rings. The molecule has 27 heavy (non-hydrogen) atoms. The summed E-state index contributed by atoms with van der Waals surface area (Å²) in [5, 5.41) is 10.1. The normalized spacial score (nSPS) is 11.0. The highest BCUT2D eigenvalue weighted by Gasteiger charge is 2.21. The molecule has 136 valence electrons. The number of nitrogens with one attached hydrogen (secondary N) is 2. The maximum Gasteiger partial charge on any atom is 0.193 e. The molecule has 0 atom stereocenters. The van der Waals surface area contributed by atoms with E-state index in [1.807, 2.05) is 0 Å². The molecule has 0 aliphatic carbocycles. The number of thiazole rings is 1. The van der Waals surface area contributed by atoms with Crippen LogP contribution >= 0.6 is 34.5 Å². The second-order valence-electron chi connectivity index (χ2n) is 5.37. The zero-order valence-corrected chi connectivity index (χ0v) is 15.6. The van der Waals surface area contributed by atoms with E-state index in [1.165, 1.54) is 35.9 Å². The molecular formula is C17H9Cl2F2N5S. The van der Waals surface area contributed by atoms with E-state index in [1.54, 1.807) is 18.2 Å². The lowest BCUT2D eigenvalue weighted by molar-refractivity contribution is 0.628. The first-order valence-corrected chi connectivity index (χ1v) is 9.13. The number of halogens is 4. The summed E-state index contributed by atoms with van der Waals surface area (Å²) >= 11 is 13.2. The van der Waals surface area contributed by atoms with E-state index in [4.69, 9.17) is 23.2 Å². The number of anilines is 2. The van der Waals surface area contributed by atoms with E-state index in [9.17, 15) is 8.78 Å². The van der Waals surface area contributed by atoms with Crippen LogP contribution in [0.15, 0.2) is 42.7 Å². The molecule has 4 rings (SSSR count). The number of H-pyrrole nitrogens is 1. The van der Waals surface area contributed by atoms with Crippen molar-refractivity contribution >= 4 is 45.4 Å². The molecule has 0 spiro atoms. The molecule has 2 aromatic carbocycles. The molecule has 10 heteroatoms. The third kappa shape index (κ3) is 3.51. The van der Waals surface area contributed by atoms with Crippen molar-refractivity contribution in [2.75, 3.05) is 5.32 Å². The fraction of sp³-hybridized carbons (Fsp3) is 0. The Hall–Kier alpha value is -2.55. The first kappa shape index (κ1) is 17.8. The molecule has 0 fully saturated rings. The van der Waals surface area contributed by atoms with E-state index in [2.05, 4.69) is 25.5 Å².